The molecule has 1 aromatic carbocycles. The Morgan fingerprint density at radius 1 is 1.47 bits per heavy atom. The zero-order valence-electron chi connectivity index (χ0n) is 9.45. The lowest BCUT2D eigenvalue weighted by molar-refractivity contribution is -0.122. The molecule has 1 rings (SSSR count). The Bertz CT molecular complexity index is 408. The maximum Gasteiger partial charge on any atom is 0.237 e. The third-order valence-electron chi connectivity index (χ3n) is 2.30. The summed E-state index contributed by atoms with van der Waals surface area (Å²) in [6.07, 6.45) is 6.08. The Morgan fingerprint density at radius 3 is 2.71 bits per heavy atom. The molecule has 0 aliphatic heterocycles. The molecule has 1 amide bonds. The van der Waals surface area contributed by atoms with Crippen molar-refractivity contribution in [2.75, 3.05) is 6.54 Å². The van der Waals surface area contributed by atoms with Crippen LogP contribution in [0.1, 0.15) is 12.0 Å². The average molecular weight is 251 g/mol. The number of nitrogens with one attached hydrogen (secondary N) is 1. The van der Waals surface area contributed by atoms with Crippen LogP contribution in [0.3, 0.4) is 0 Å². The summed E-state index contributed by atoms with van der Waals surface area (Å²) in [6.45, 7) is 0.540. The summed E-state index contributed by atoms with van der Waals surface area (Å²) < 4.78 is 0. The van der Waals surface area contributed by atoms with Gasteiger partial charge in [-0.15, -0.1) is 12.3 Å². The monoisotopic (exact) mass is 250 g/mol. The smallest absolute Gasteiger partial charge is 0.237 e. The summed E-state index contributed by atoms with van der Waals surface area (Å²) in [5, 5.41) is 3.44. The molecular weight excluding hydrogens is 236 g/mol. The fraction of sp³-hybridized carbons (Fsp3) is 0.308. The molecule has 0 fully saturated rings. The Morgan fingerprint density at radius 2 is 2.12 bits per heavy atom. The Kier molecular flexibility index (Phi) is 5.55. The van der Waals surface area contributed by atoms with Crippen molar-refractivity contribution in [3.63, 3.8) is 0 Å². The first-order chi connectivity index (χ1) is 8.13. The van der Waals surface area contributed by atoms with Gasteiger partial charge >= 0.3 is 0 Å². The summed E-state index contributed by atoms with van der Waals surface area (Å²) in [6, 6.07) is 6.88. The van der Waals surface area contributed by atoms with Crippen LogP contribution >= 0.6 is 11.6 Å². The van der Waals surface area contributed by atoms with Crippen LogP contribution in [0.2, 0.25) is 5.02 Å². The Balaban J connectivity index is 2.31. The number of amides is 1. The highest BCUT2D eigenvalue weighted by Gasteiger charge is 2.10. The van der Waals surface area contributed by atoms with Gasteiger partial charge in [0, 0.05) is 18.0 Å². The van der Waals surface area contributed by atoms with E-state index in [9.17, 15) is 4.79 Å². The quantitative estimate of drug-likeness (QED) is 0.775. The van der Waals surface area contributed by atoms with Gasteiger partial charge in [0.15, 0.2) is 0 Å². The molecule has 0 heterocycles. The minimum Gasteiger partial charge on any atom is -0.354 e. The molecule has 0 aliphatic rings. The van der Waals surface area contributed by atoms with Gasteiger partial charge in [-0.2, -0.15) is 0 Å². The minimum absolute atomic E-state index is 0.211. The largest absolute Gasteiger partial charge is 0.354 e. The molecule has 3 N–H and O–H groups in total. The van der Waals surface area contributed by atoms with E-state index >= 15 is 0 Å². The van der Waals surface area contributed by atoms with Crippen molar-refractivity contribution in [2.45, 2.75) is 18.9 Å². The van der Waals surface area contributed by atoms with Gasteiger partial charge in [0.2, 0.25) is 5.91 Å². The summed E-state index contributed by atoms with van der Waals surface area (Å²) in [5.74, 6) is 2.15. The molecule has 1 atom stereocenters. The van der Waals surface area contributed by atoms with Gasteiger partial charge in [0.1, 0.15) is 0 Å². The predicted octanol–water partition coefficient (Wildman–Crippen LogP) is 1.35. The molecule has 0 saturated heterocycles. The van der Waals surface area contributed by atoms with E-state index in [0.29, 0.717) is 11.6 Å². The minimum atomic E-state index is -0.620. The van der Waals surface area contributed by atoms with Crippen LogP contribution in [-0.4, -0.2) is 18.5 Å². The number of carbonyl (C=O) groups is 1. The number of halogens is 1. The SMILES string of the molecule is C#CCC(N)C(=O)NCCc1ccc(Cl)cc1. The maximum absolute atomic E-state index is 11.4. The fourth-order valence-electron chi connectivity index (χ4n) is 1.33. The number of rotatable bonds is 5. The molecular formula is C13H15ClN2O. The molecule has 0 radical (unpaired) electrons. The second-order valence-electron chi connectivity index (χ2n) is 3.68. The third kappa shape index (κ3) is 4.90. The summed E-state index contributed by atoms with van der Waals surface area (Å²) >= 11 is 5.77. The number of hydrogen-bond donors (Lipinski definition) is 2. The molecule has 0 aliphatic carbocycles. The van der Waals surface area contributed by atoms with Crippen molar-refractivity contribution in [1.82, 2.24) is 5.32 Å². The standard InChI is InChI=1S/C13H15ClN2O/c1-2-3-12(15)13(17)16-9-8-10-4-6-11(14)7-5-10/h1,4-7,12H,3,8-9,15H2,(H,16,17). The summed E-state index contributed by atoms with van der Waals surface area (Å²) in [7, 11) is 0. The zero-order chi connectivity index (χ0) is 12.7. The van der Waals surface area contributed by atoms with E-state index in [0.717, 1.165) is 12.0 Å². The molecule has 0 spiro atoms. The van der Waals surface area contributed by atoms with Crippen LogP contribution in [0, 0.1) is 12.3 Å². The predicted molar refractivity (Wildman–Crippen MR) is 69.6 cm³/mol. The van der Waals surface area contributed by atoms with E-state index in [2.05, 4.69) is 11.2 Å². The molecule has 0 bridgehead atoms. The number of benzene rings is 1. The van der Waals surface area contributed by atoms with Crippen LogP contribution < -0.4 is 11.1 Å². The van der Waals surface area contributed by atoms with E-state index in [1.54, 1.807) is 0 Å². The second kappa shape index (κ2) is 6.95. The second-order valence-corrected chi connectivity index (χ2v) is 4.12. The van der Waals surface area contributed by atoms with Crippen LogP contribution in [0.4, 0.5) is 0 Å². The number of carbonyl (C=O) groups excluding carboxylic acids is 1. The first kappa shape index (κ1) is 13.6. The summed E-state index contributed by atoms with van der Waals surface area (Å²) in [5.41, 5.74) is 6.67. The molecule has 3 nitrogen and oxygen atoms in total. The third-order valence-corrected chi connectivity index (χ3v) is 2.55. The van der Waals surface area contributed by atoms with E-state index in [1.165, 1.54) is 0 Å². The number of hydrogen-bond acceptors (Lipinski definition) is 2. The van der Waals surface area contributed by atoms with E-state index in [4.69, 9.17) is 23.8 Å². The summed E-state index contributed by atoms with van der Waals surface area (Å²) in [4.78, 5) is 11.4. The topological polar surface area (TPSA) is 55.1 Å². The Hall–Kier alpha value is -1.50. The Labute approximate surface area is 106 Å². The normalized spacial score (nSPS) is 11.6. The van der Waals surface area contributed by atoms with Crippen molar-refractivity contribution in [3.8, 4) is 12.3 Å². The lowest BCUT2D eigenvalue weighted by Gasteiger charge is -2.09. The molecule has 0 aromatic heterocycles. The average Bonchev–Trinajstić information content (AvgIpc) is 2.32. The number of terminal acetylenes is 1. The van der Waals surface area contributed by atoms with Crippen molar-refractivity contribution >= 4 is 17.5 Å². The van der Waals surface area contributed by atoms with Gasteiger partial charge in [0.25, 0.3) is 0 Å². The molecule has 4 heteroatoms. The molecule has 90 valence electrons. The van der Waals surface area contributed by atoms with Crippen LogP contribution in [0.25, 0.3) is 0 Å². The van der Waals surface area contributed by atoms with Crippen molar-refractivity contribution in [1.29, 1.82) is 0 Å². The van der Waals surface area contributed by atoms with Crippen LogP contribution in [0.15, 0.2) is 24.3 Å². The lowest BCUT2D eigenvalue weighted by Crippen LogP contribution is -2.41. The van der Waals surface area contributed by atoms with Crippen LogP contribution in [-0.2, 0) is 11.2 Å². The molecule has 1 aromatic rings. The van der Waals surface area contributed by atoms with Crippen molar-refractivity contribution in [2.24, 2.45) is 5.73 Å². The molecule has 0 saturated carbocycles. The fourth-order valence-corrected chi connectivity index (χ4v) is 1.46. The zero-order valence-corrected chi connectivity index (χ0v) is 10.2. The molecule has 1 unspecified atom stereocenters. The maximum atomic E-state index is 11.4. The molecule has 17 heavy (non-hydrogen) atoms. The van der Waals surface area contributed by atoms with E-state index in [1.807, 2.05) is 24.3 Å². The van der Waals surface area contributed by atoms with Gasteiger partial charge < -0.3 is 11.1 Å². The lowest BCUT2D eigenvalue weighted by atomic mass is 10.1. The first-order valence-electron chi connectivity index (χ1n) is 5.34. The van der Waals surface area contributed by atoms with E-state index < -0.39 is 6.04 Å². The van der Waals surface area contributed by atoms with Crippen molar-refractivity contribution < 1.29 is 4.79 Å². The van der Waals surface area contributed by atoms with Crippen molar-refractivity contribution in [3.05, 3.63) is 34.9 Å². The highest BCUT2D eigenvalue weighted by atomic mass is 35.5. The first-order valence-corrected chi connectivity index (χ1v) is 5.72. The van der Waals surface area contributed by atoms with E-state index in [-0.39, 0.29) is 12.3 Å². The highest BCUT2D eigenvalue weighted by Crippen LogP contribution is 2.09. The van der Waals surface area contributed by atoms with Gasteiger partial charge in [-0.1, -0.05) is 23.7 Å². The van der Waals surface area contributed by atoms with Gasteiger partial charge in [0.05, 0.1) is 6.04 Å². The van der Waals surface area contributed by atoms with Gasteiger partial charge in [-0.25, -0.2) is 0 Å². The highest BCUT2D eigenvalue weighted by molar-refractivity contribution is 6.30. The van der Waals surface area contributed by atoms with Crippen LogP contribution in [0.5, 0.6) is 0 Å². The number of nitrogens with two attached hydrogens (primary N) is 1. The van der Waals surface area contributed by atoms with Gasteiger partial charge in [-0.05, 0) is 24.1 Å². The van der Waals surface area contributed by atoms with Gasteiger partial charge in [-0.3, -0.25) is 4.79 Å².